The summed E-state index contributed by atoms with van der Waals surface area (Å²) >= 11 is 0. The average Bonchev–Trinajstić information content (AvgIpc) is 3.09. The molecule has 0 bridgehead atoms. The normalized spacial score (nSPS) is 13.2. The van der Waals surface area contributed by atoms with Crippen LogP contribution in [-0.2, 0) is 4.79 Å². The summed E-state index contributed by atoms with van der Waals surface area (Å²) in [4.78, 5) is 12.3. The van der Waals surface area contributed by atoms with Gasteiger partial charge >= 0.3 is 0 Å². The number of amides is 1. The number of aliphatic hydroxyl groups excluding tert-OH is 2. The molecule has 0 saturated heterocycles. The molecular formula is C44H85NO3. The number of carbonyl (C=O) groups excluding carboxylic acids is 1. The Morgan fingerprint density at radius 1 is 0.500 bits per heavy atom. The molecular weight excluding hydrogens is 590 g/mol. The largest absolute Gasteiger partial charge is 0.394 e. The highest BCUT2D eigenvalue weighted by molar-refractivity contribution is 5.76. The molecule has 48 heavy (non-hydrogen) atoms. The Hall–Kier alpha value is -1.13. The van der Waals surface area contributed by atoms with E-state index in [9.17, 15) is 15.0 Å². The first-order chi connectivity index (χ1) is 23.7. The molecule has 3 N–H and O–H groups in total. The predicted octanol–water partition coefficient (Wildman–Crippen LogP) is 13.2. The average molecular weight is 676 g/mol. The van der Waals surface area contributed by atoms with Gasteiger partial charge in [0, 0.05) is 6.42 Å². The van der Waals surface area contributed by atoms with Gasteiger partial charge in [0.15, 0.2) is 0 Å². The van der Waals surface area contributed by atoms with Gasteiger partial charge in [0.2, 0.25) is 5.91 Å². The molecule has 0 spiro atoms. The molecule has 0 fully saturated rings. The molecule has 0 aliphatic rings. The minimum absolute atomic E-state index is 0.0449. The molecule has 4 nitrogen and oxygen atoms in total. The molecule has 4 heteroatoms. The first-order valence-corrected chi connectivity index (χ1v) is 21.5. The smallest absolute Gasteiger partial charge is 0.220 e. The van der Waals surface area contributed by atoms with Gasteiger partial charge in [-0.1, -0.05) is 212 Å². The maximum Gasteiger partial charge on any atom is 0.220 e. The Morgan fingerprint density at radius 2 is 0.896 bits per heavy atom. The van der Waals surface area contributed by atoms with Crippen molar-refractivity contribution in [2.45, 2.75) is 244 Å². The number of allylic oxidation sites excluding steroid dienone is 4. The van der Waals surface area contributed by atoms with Crippen LogP contribution < -0.4 is 5.32 Å². The summed E-state index contributed by atoms with van der Waals surface area (Å²) in [5, 5.41) is 23.1. The molecule has 0 aliphatic carbocycles. The van der Waals surface area contributed by atoms with Crippen LogP contribution in [0.1, 0.15) is 232 Å². The fourth-order valence-corrected chi connectivity index (χ4v) is 6.63. The van der Waals surface area contributed by atoms with E-state index < -0.39 is 12.1 Å². The zero-order valence-corrected chi connectivity index (χ0v) is 32.5. The van der Waals surface area contributed by atoms with Crippen molar-refractivity contribution in [2.75, 3.05) is 6.61 Å². The number of carbonyl (C=O) groups is 1. The van der Waals surface area contributed by atoms with Gasteiger partial charge in [0.1, 0.15) is 0 Å². The van der Waals surface area contributed by atoms with Gasteiger partial charge in [-0.3, -0.25) is 4.79 Å². The number of rotatable bonds is 39. The zero-order valence-electron chi connectivity index (χ0n) is 32.5. The molecule has 0 heterocycles. The predicted molar refractivity (Wildman–Crippen MR) is 212 cm³/mol. The highest BCUT2D eigenvalue weighted by Gasteiger charge is 2.19. The van der Waals surface area contributed by atoms with Crippen molar-refractivity contribution < 1.29 is 15.0 Å². The summed E-state index contributed by atoms with van der Waals surface area (Å²) < 4.78 is 0. The van der Waals surface area contributed by atoms with Crippen molar-refractivity contribution in [3.05, 3.63) is 24.3 Å². The molecule has 0 aromatic rings. The number of nitrogens with one attached hydrogen (secondary N) is 1. The van der Waals surface area contributed by atoms with Gasteiger partial charge in [-0.05, 0) is 38.5 Å². The quantitative estimate of drug-likeness (QED) is 0.0448. The van der Waals surface area contributed by atoms with Crippen LogP contribution >= 0.6 is 0 Å². The third-order valence-electron chi connectivity index (χ3n) is 9.95. The molecule has 0 rings (SSSR count). The molecule has 2 atom stereocenters. The van der Waals surface area contributed by atoms with Crippen molar-refractivity contribution in [1.82, 2.24) is 5.32 Å². The minimum atomic E-state index is -0.663. The second kappa shape index (κ2) is 40.3. The van der Waals surface area contributed by atoms with E-state index in [0.717, 1.165) is 44.9 Å². The lowest BCUT2D eigenvalue weighted by Crippen LogP contribution is -2.45. The lowest BCUT2D eigenvalue weighted by Gasteiger charge is -2.22. The molecule has 0 saturated carbocycles. The lowest BCUT2D eigenvalue weighted by atomic mass is 10.0. The van der Waals surface area contributed by atoms with E-state index >= 15 is 0 Å². The summed E-state index contributed by atoms with van der Waals surface area (Å²) in [5.74, 6) is -0.0449. The Morgan fingerprint density at radius 3 is 1.33 bits per heavy atom. The fraction of sp³-hybridized carbons (Fsp3) is 0.886. The highest BCUT2D eigenvalue weighted by Crippen LogP contribution is 2.16. The van der Waals surface area contributed by atoms with E-state index in [0.29, 0.717) is 12.8 Å². The first kappa shape index (κ1) is 46.9. The second-order valence-electron chi connectivity index (χ2n) is 14.8. The molecule has 0 aliphatic heterocycles. The van der Waals surface area contributed by atoms with Crippen molar-refractivity contribution in [3.8, 4) is 0 Å². The van der Waals surface area contributed by atoms with E-state index in [2.05, 4.69) is 43.5 Å². The van der Waals surface area contributed by atoms with Gasteiger partial charge in [-0.2, -0.15) is 0 Å². The fourth-order valence-electron chi connectivity index (χ4n) is 6.63. The lowest BCUT2D eigenvalue weighted by molar-refractivity contribution is -0.123. The Labute approximate surface area is 300 Å². The highest BCUT2D eigenvalue weighted by atomic mass is 16.3. The molecule has 2 unspecified atom stereocenters. The van der Waals surface area contributed by atoms with Crippen LogP contribution in [0.5, 0.6) is 0 Å². The molecule has 284 valence electrons. The van der Waals surface area contributed by atoms with E-state index in [1.54, 1.807) is 0 Å². The van der Waals surface area contributed by atoms with E-state index in [1.807, 2.05) is 0 Å². The minimum Gasteiger partial charge on any atom is -0.394 e. The standard InChI is InChI=1S/C44H85NO3/c1-3-5-7-9-11-13-15-17-18-19-20-21-22-23-24-25-26-28-29-31-33-35-37-39-43(47)42(41-46)45-44(48)40-38-36-34-32-30-27-16-14-12-10-8-6-4-2/h8,10,14,16,42-43,46-47H,3-7,9,11-13,15,17-41H2,1-2H3,(H,45,48)/b10-8-,16-14-. The number of unbranched alkanes of at least 4 members (excludes halogenated alkanes) is 28. The summed E-state index contributed by atoms with van der Waals surface area (Å²) in [7, 11) is 0. The van der Waals surface area contributed by atoms with Crippen molar-refractivity contribution in [3.63, 3.8) is 0 Å². The van der Waals surface area contributed by atoms with Crippen LogP contribution in [0.25, 0.3) is 0 Å². The summed E-state index contributed by atoms with van der Waals surface area (Å²) in [6.07, 6.45) is 51.1. The van der Waals surface area contributed by atoms with Crippen LogP contribution in [0.15, 0.2) is 24.3 Å². The molecule has 0 radical (unpaired) electrons. The van der Waals surface area contributed by atoms with E-state index in [1.165, 1.54) is 161 Å². The molecule has 1 amide bonds. The van der Waals surface area contributed by atoms with Crippen molar-refractivity contribution in [1.29, 1.82) is 0 Å². The Bertz CT molecular complexity index is 691. The van der Waals surface area contributed by atoms with E-state index in [4.69, 9.17) is 0 Å². The van der Waals surface area contributed by atoms with Gasteiger partial charge in [0.25, 0.3) is 0 Å². The molecule has 0 aromatic heterocycles. The number of hydrogen-bond acceptors (Lipinski definition) is 3. The second-order valence-corrected chi connectivity index (χ2v) is 14.8. The topological polar surface area (TPSA) is 69.6 Å². The van der Waals surface area contributed by atoms with Crippen LogP contribution in [0, 0.1) is 0 Å². The van der Waals surface area contributed by atoms with Crippen LogP contribution in [0.2, 0.25) is 0 Å². The SMILES string of the molecule is CCC/C=C\C/C=C\CCCCCCCC(=O)NC(CO)C(O)CCCCCCCCCCCCCCCCCCCCCCCCC. The van der Waals surface area contributed by atoms with Gasteiger partial charge in [0.05, 0.1) is 18.8 Å². The third kappa shape index (κ3) is 36.2. The third-order valence-corrected chi connectivity index (χ3v) is 9.95. The Balaban J connectivity index is 3.48. The van der Waals surface area contributed by atoms with Gasteiger partial charge < -0.3 is 15.5 Å². The van der Waals surface area contributed by atoms with Crippen molar-refractivity contribution >= 4 is 5.91 Å². The van der Waals surface area contributed by atoms with Crippen LogP contribution in [-0.4, -0.2) is 34.9 Å². The zero-order chi connectivity index (χ0) is 35.0. The molecule has 0 aromatic carbocycles. The summed E-state index contributed by atoms with van der Waals surface area (Å²) in [6.45, 7) is 4.30. The Kier molecular flexibility index (Phi) is 39.4. The maximum absolute atomic E-state index is 12.3. The van der Waals surface area contributed by atoms with Crippen LogP contribution in [0.4, 0.5) is 0 Å². The van der Waals surface area contributed by atoms with Crippen LogP contribution in [0.3, 0.4) is 0 Å². The summed E-state index contributed by atoms with van der Waals surface area (Å²) in [5.41, 5.74) is 0. The number of aliphatic hydroxyl groups is 2. The number of hydrogen-bond donors (Lipinski definition) is 3. The van der Waals surface area contributed by atoms with Crippen molar-refractivity contribution in [2.24, 2.45) is 0 Å². The van der Waals surface area contributed by atoms with Gasteiger partial charge in [-0.15, -0.1) is 0 Å². The first-order valence-electron chi connectivity index (χ1n) is 21.5. The summed E-state index contributed by atoms with van der Waals surface area (Å²) in [6, 6.07) is -0.541. The van der Waals surface area contributed by atoms with Gasteiger partial charge in [-0.25, -0.2) is 0 Å². The maximum atomic E-state index is 12.3. The monoisotopic (exact) mass is 676 g/mol. The van der Waals surface area contributed by atoms with E-state index in [-0.39, 0.29) is 12.5 Å².